The molecule has 2 rings (SSSR count). The first kappa shape index (κ1) is 17.6. The van der Waals surface area contributed by atoms with E-state index < -0.39 is 0 Å². The maximum atomic E-state index is 7.85. The molecule has 0 spiro atoms. The Hall–Kier alpha value is -1.71. The fraction of sp³-hybridized carbons (Fsp3) is 0.632. The Morgan fingerprint density at radius 2 is 1.65 bits per heavy atom. The van der Waals surface area contributed by atoms with E-state index in [-0.39, 0.29) is 0 Å². The van der Waals surface area contributed by atoms with E-state index in [1.165, 1.54) is 68.7 Å². The molecule has 1 heterocycles. The van der Waals surface area contributed by atoms with E-state index in [0.717, 1.165) is 29.4 Å². The highest BCUT2D eigenvalue weighted by Gasteiger charge is 2.14. The molecule has 23 heavy (non-hydrogen) atoms. The fourth-order valence-electron chi connectivity index (χ4n) is 3.25. The van der Waals surface area contributed by atoms with Crippen molar-refractivity contribution >= 4 is 17.2 Å². The zero-order valence-corrected chi connectivity index (χ0v) is 14.6. The molecule has 0 fully saturated rings. The van der Waals surface area contributed by atoms with Gasteiger partial charge in [0.1, 0.15) is 11.0 Å². The lowest BCUT2D eigenvalue weighted by Gasteiger charge is -2.13. The number of nitrogens with zero attached hydrogens (tertiary/aromatic N) is 2. The minimum Gasteiger partial charge on any atom is -0.308 e. The van der Waals surface area contributed by atoms with Gasteiger partial charge in [0.05, 0.1) is 0 Å². The molecule has 0 aliphatic heterocycles. The highest BCUT2D eigenvalue weighted by atomic mass is 15.3. The molecule has 2 aromatic rings. The lowest BCUT2D eigenvalue weighted by molar-refractivity contribution is 0.651. The highest BCUT2D eigenvalue weighted by Crippen LogP contribution is 2.26. The van der Waals surface area contributed by atoms with Crippen molar-refractivity contribution in [3.05, 3.63) is 22.8 Å². The van der Waals surface area contributed by atoms with Gasteiger partial charge in [0.2, 0.25) is 0 Å². The lowest BCUT2D eigenvalue weighted by atomic mass is 9.91. The van der Waals surface area contributed by atoms with E-state index >= 15 is 0 Å². The van der Waals surface area contributed by atoms with Gasteiger partial charge in [0, 0.05) is 11.8 Å². The van der Waals surface area contributed by atoms with Crippen molar-refractivity contribution in [2.45, 2.75) is 78.1 Å². The fourth-order valence-corrected chi connectivity index (χ4v) is 3.25. The number of rotatable bonds is 11. The van der Waals surface area contributed by atoms with Crippen molar-refractivity contribution < 1.29 is 0 Å². The van der Waals surface area contributed by atoms with Crippen molar-refractivity contribution in [1.29, 1.82) is 5.41 Å². The monoisotopic (exact) mass is 314 g/mol. The summed E-state index contributed by atoms with van der Waals surface area (Å²) in [6.45, 7) is 4.48. The second kappa shape index (κ2) is 9.43. The maximum Gasteiger partial charge on any atom is 0.122 e. The number of aromatic nitrogens is 3. The molecule has 0 saturated heterocycles. The van der Waals surface area contributed by atoms with Crippen molar-refractivity contribution in [3.63, 3.8) is 0 Å². The predicted molar refractivity (Wildman–Crippen MR) is 97.5 cm³/mol. The minimum absolute atomic E-state index is 0.850. The van der Waals surface area contributed by atoms with Gasteiger partial charge < -0.3 is 5.41 Å². The van der Waals surface area contributed by atoms with E-state index in [0.29, 0.717) is 0 Å². The van der Waals surface area contributed by atoms with Crippen LogP contribution < -0.4 is 0 Å². The summed E-state index contributed by atoms with van der Waals surface area (Å²) in [4.78, 5) is 0. The van der Waals surface area contributed by atoms with Crippen molar-refractivity contribution in [2.75, 3.05) is 0 Å². The van der Waals surface area contributed by atoms with Crippen molar-refractivity contribution in [1.82, 2.24) is 15.4 Å². The molecule has 0 radical (unpaired) electrons. The summed E-state index contributed by atoms with van der Waals surface area (Å²) >= 11 is 0. The van der Waals surface area contributed by atoms with E-state index in [2.05, 4.69) is 35.3 Å². The van der Waals surface area contributed by atoms with Crippen LogP contribution in [0.4, 0.5) is 0 Å². The number of aromatic amines is 1. The van der Waals surface area contributed by atoms with Crippen LogP contribution in [0.5, 0.6) is 0 Å². The third-order valence-corrected chi connectivity index (χ3v) is 4.58. The SMILES string of the molecule is CCCCCCc1cc2n[nH]nc2c(C=N)c1CCCCCC. The van der Waals surface area contributed by atoms with Gasteiger partial charge in [-0.2, -0.15) is 15.4 Å². The van der Waals surface area contributed by atoms with E-state index in [9.17, 15) is 0 Å². The number of H-pyrrole nitrogens is 1. The predicted octanol–water partition coefficient (Wildman–Crippen LogP) is 5.20. The Morgan fingerprint density at radius 3 is 2.30 bits per heavy atom. The average molecular weight is 314 g/mol. The summed E-state index contributed by atoms with van der Waals surface area (Å²) in [6, 6.07) is 2.19. The van der Waals surface area contributed by atoms with Gasteiger partial charge in [-0.15, -0.1) is 0 Å². The molecule has 4 heteroatoms. The van der Waals surface area contributed by atoms with E-state index in [4.69, 9.17) is 5.41 Å². The van der Waals surface area contributed by atoms with Crippen LogP contribution in [-0.2, 0) is 12.8 Å². The molecular formula is C19H30N4. The Bertz CT molecular complexity index is 615. The lowest BCUT2D eigenvalue weighted by Crippen LogP contribution is -2.02. The summed E-state index contributed by atoms with van der Waals surface area (Å²) in [5.41, 5.74) is 5.42. The second-order valence-corrected chi connectivity index (χ2v) is 6.38. The third-order valence-electron chi connectivity index (χ3n) is 4.58. The highest BCUT2D eigenvalue weighted by molar-refractivity contribution is 5.97. The van der Waals surface area contributed by atoms with E-state index in [1.54, 1.807) is 0 Å². The molecule has 4 nitrogen and oxygen atoms in total. The van der Waals surface area contributed by atoms with Crippen LogP contribution >= 0.6 is 0 Å². The topological polar surface area (TPSA) is 65.4 Å². The molecule has 0 aliphatic rings. The molecule has 1 aromatic heterocycles. The Balaban J connectivity index is 2.23. The van der Waals surface area contributed by atoms with Gasteiger partial charge in [-0.1, -0.05) is 52.4 Å². The number of hydrogen-bond donors (Lipinski definition) is 2. The maximum absolute atomic E-state index is 7.85. The molecule has 0 saturated carbocycles. The number of hydrogen-bond acceptors (Lipinski definition) is 3. The minimum atomic E-state index is 0.850. The van der Waals surface area contributed by atoms with Gasteiger partial charge in [0.15, 0.2) is 0 Å². The summed E-state index contributed by atoms with van der Waals surface area (Å²) in [5, 5.41) is 19.1. The Morgan fingerprint density at radius 1 is 0.957 bits per heavy atom. The van der Waals surface area contributed by atoms with Gasteiger partial charge in [-0.25, -0.2) is 0 Å². The number of fused-ring (bicyclic) bond motifs is 1. The van der Waals surface area contributed by atoms with Crippen LogP contribution in [-0.4, -0.2) is 21.6 Å². The van der Waals surface area contributed by atoms with Crippen LogP contribution in [0.1, 0.15) is 81.9 Å². The number of aryl methyl sites for hydroxylation is 1. The van der Waals surface area contributed by atoms with Crippen LogP contribution in [0.15, 0.2) is 6.07 Å². The van der Waals surface area contributed by atoms with Crippen LogP contribution in [0.2, 0.25) is 0 Å². The first-order valence-corrected chi connectivity index (χ1v) is 9.17. The summed E-state index contributed by atoms with van der Waals surface area (Å²) in [5.74, 6) is 0. The first-order valence-electron chi connectivity index (χ1n) is 9.17. The molecule has 0 amide bonds. The average Bonchev–Trinajstić information content (AvgIpc) is 3.03. The smallest absolute Gasteiger partial charge is 0.122 e. The standard InChI is InChI=1S/C19H30N4/c1-3-5-7-9-11-15-13-18-19(22-23-21-18)17(14-20)16(15)12-10-8-6-4-2/h13-14,20H,3-12H2,1-2H3,(H,21,22,23). The first-order chi connectivity index (χ1) is 11.3. The van der Waals surface area contributed by atoms with Crippen LogP contribution in [0, 0.1) is 5.41 Å². The zero-order chi connectivity index (χ0) is 16.5. The van der Waals surface area contributed by atoms with E-state index in [1.807, 2.05) is 0 Å². The molecule has 2 N–H and O–H groups in total. The summed E-state index contributed by atoms with van der Waals surface area (Å²) < 4.78 is 0. The van der Waals surface area contributed by atoms with Gasteiger partial charge in [-0.3, -0.25) is 0 Å². The Labute approximate surface area is 139 Å². The normalized spacial score (nSPS) is 11.2. The molecular weight excluding hydrogens is 284 g/mol. The van der Waals surface area contributed by atoms with Crippen LogP contribution in [0.25, 0.3) is 11.0 Å². The molecule has 0 atom stereocenters. The zero-order valence-electron chi connectivity index (χ0n) is 14.6. The molecule has 126 valence electrons. The number of nitrogens with one attached hydrogen (secondary N) is 2. The largest absolute Gasteiger partial charge is 0.308 e. The van der Waals surface area contributed by atoms with Crippen molar-refractivity contribution in [3.8, 4) is 0 Å². The van der Waals surface area contributed by atoms with Crippen molar-refractivity contribution in [2.24, 2.45) is 0 Å². The molecule has 0 aliphatic carbocycles. The number of benzene rings is 1. The summed E-state index contributed by atoms with van der Waals surface area (Å²) in [7, 11) is 0. The second-order valence-electron chi connectivity index (χ2n) is 6.38. The quantitative estimate of drug-likeness (QED) is 0.442. The molecule has 0 unspecified atom stereocenters. The van der Waals surface area contributed by atoms with Gasteiger partial charge >= 0.3 is 0 Å². The molecule has 1 aromatic carbocycles. The molecule has 0 bridgehead atoms. The number of unbranched alkanes of at least 4 members (excludes halogenated alkanes) is 6. The van der Waals surface area contributed by atoms with Gasteiger partial charge in [-0.05, 0) is 42.9 Å². The third kappa shape index (κ3) is 4.63. The summed E-state index contributed by atoms with van der Waals surface area (Å²) in [6.07, 6.45) is 13.7. The Kier molecular flexibility index (Phi) is 7.24. The van der Waals surface area contributed by atoms with Crippen LogP contribution in [0.3, 0.4) is 0 Å². The van der Waals surface area contributed by atoms with Gasteiger partial charge in [0.25, 0.3) is 0 Å².